The molecule has 542 valence electrons. The molecule has 25 nitrogen and oxygen atoms in total. The van der Waals surface area contributed by atoms with E-state index >= 15 is 0 Å². The van der Waals surface area contributed by atoms with Crippen LogP contribution in [0.5, 0.6) is 23.0 Å². The molecular weight excluding hydrogens is 1320 g/mol. The van der Waals surface area contributed by atoms with E-state index in [1.165, 1.54) is 7.11 Å². The Morgan fingerprint density at radius 2 is 1.33 bits per heavy atom. The maximum Gasteiger partial charge on any atom is 0.416 e. The van der Waals surface area contributed by atoms with E-state index in [1.54, 1.807) is 86.2 Å². The van der Waals surface area contributed by atoms with Crippen molar-refractivity contribution in [1.29, 1.82) is 0 Å². The molecule has 6 amide bonds. The number of aliphatic hydroxyl groups is 1. The molecule has 2 spiro atoms. The second-order valence-corrected chi connectivity index (χ2v) is 29.1. The van der Waals surface area contributed by atoms with Crippen LogP contribution < -0.4 is 50.3 Å². The van der Waals surface area contributed by atoms with Gasteiger partial charge in [0.25, 0.3) is 11.8 Å². The lowest BCUT2D eigenvalue weighted by Crippen LogP contribution is -2.50. The van der Waals surface area contributed by atoms with Crippen LogP contribution in [0.15, 0.2) is 102 Å². The average molecular weight is 1410 g/mol. The van der Waals surface area contributed by atoms with Gasteiger partial charge in [-0.2, -0.15) is 0 Å². The molecule has 0 radical (unpaired) electrons. The third-order valence-corrected chi connectivity index (χ3v) is 21.5. The molecule has 6 heterocycles. The Balaban J connectivity index is 0.556. The topological polar surface area (TPSA) is 297 Å². The Morgan fingerprint density at radius 1 is 0.689 bits per heavy atom. The summed E-state index contributed by atoms with van der Waals surface area (Å²) in [5, 5.41) is 19.4. The van der Waals surface area contributed by atoms with Crippen molar-refractivity contribution in [2.24, 2.45) is 27.7 Å². The first-order chi connectivity index (χ1) is 49.6. The van der Waals surface area contributed by atoms with E-state index in [0.717, 1.165) is 71.6 Å². The number of unbranched alkanes of at least 4 members (excludes halogenated alkanes) is 2. The maximum absolute atomic E-state index is 14.5. The number of carbonyl (C=O) groups is 9. The molecule has 4 fully saturated rings. The lowest BCUT2D eigenvalue weighted by atomic mass is 9.89. The van der Waals surface area contributed by atoms with E-state index < -0.39 is 47.9 Å². The van der Waals surface area contributed by atoms with Crippen molar-refractivity contribution in [2.45, 2.75) is 155 Å². The molecule has 0 aromatic heterocycles. The summed E-state index contributed by atoms with van der Waals surface area (Å²) in [6, 6.07) is 27.2. The molecule has 8 aliphatic rings. The Hall–Kier alpha value is -10.1. The number of nitrogens with one attached hydrogen (secondary N) is 4. The summed E-state index contributed by atoms with van der Waals surface area (Å²) >= 11 is 0. The number of ether oxygens (including phenoxy) is 5. The summed E-state index contributed by atoms with van der Waals surface area (Å²) in [5.41, 5.74) is 14.2. The fourth-order valence-electron chi connectivity index (χ4n) is 15.1. The monoisotopic (exact) mass is 1410 g/mol. The molecule has 2 aliphatic carbocycles. The van der Waals surface area contributed by atoms with Gasteiger partial charge >= 0.3 is 6.09 Å². The summed E-state index contributed by atoms with van der Waals surface area (Å²) in [6.45, 7) is 6.66. The number of Topliss-reactive ketones (excluding diaryl/α,β-unsaturated/α-hetero) is 3. The van der Waals surface area contributed by atoms with Gasteiger partial charge < -0.3 is 59.5 Å². The Labute approximate surface area is 598 Å². The number of para-hydroxylation sites is 1. The number of benzene rings is 5. The highest BCUT2D eigenvalue weighted by atomic mass is 16.6. The van der Waals surface area contributed by atoms with E-state index in [4.69, 9.17) is 28.7 Å². The number of hydrogen-bond acceptors (Lipinski definition) is 19. The summed E-state index contributed by atoms with van der Waals surface area (Å²) < 4.78 is 29.8. The normalized spacial score (nSPS) is 19.6. The van der Waals surface area contributed by atoms with Crippen LogP contribution in [0.2, 0.25) is 0 Å². The van der Waals surface area contributed by atoms with Crippen molar-refractivity contribution in [3.63, 3.8) is 0 Å². The van der Waals surface area contributed by atoms with Gasteiger partial charge in [-0.25, -0.2) is 9.69 Å². The van der Waals surface area contributed by atoms with Crippen molar-refractivity contribution < 1.29 is 71.9 Å². The van der Waals surface area contributed by atoms with E-state index in [9.17, 15) is 48.3 Å². The van der Waals surface area contributed by atoms with Crippen LogP contribution in [0.4, 0.5) is 21.9 Å². The molecule has 0 bridgehead atoms. The number of methoxy groups -OCH3 is 2. The number of rotatable bonds is 28. The van der Waals surface area contributed by atoms with Crippen LogP contribution in [0.1, 0.15) is 159 Å². The van der Waals surface area contributed by atoms with Crippen LogP contribution in [0.25, 0.3) is 11.4 Å². The number of amides is 6. The first-order valence-corrected chi connectivity index (χ1v) is 35.8. The summed E-state index contributed by atoms with van der Waals surface area (Å²) in [7, 11) is 4.93. The third-order valence-electron chi connectivity index (χ3n) is 21.5. The molecule has 103 heavy (non-hydrogen) atoms. The molecule has 25 heteroatoms. The number of aliphatic hydroxyl groups excluding tert-OH is 1. The van der Waals surface area contributed by atoms with Gasteiger partial charge in [-0.05, 0) is 116 Å². The van der Waals surface area contributed by atoms with Crippen LogP contribution in [0, 0.1) is 22.7 Å². The van der Waals surface area contributed by atoms with E-state index in [0.29, 0.717) is 78.4 Å². The molecule has 2 saturated heterocycles. The van der Waals surface area contributed by atoms with Crippen molar-refractivity contribution in [1.82, 2.24) is 36.4 Å². The number of hydrazine groups is 2. The van der Waals surface area contributed by atoms with Crippen LogP contribution >= 0.6 is 0 Å². The second-order valence-electron chi connectivity index (χ2n) is 29.1. The van der Waals surface area contributed by atoms with Crippen molar-refractivity contribution >= 4 is 87.6 Å². The van der Waals surface area contributed by atoms with E-state index in [2.05, 4.69) is 21.6 Å². The van der Waals surface area contributed by atoms with Crippen LogP contribution in [-0.4, -0.2) is 158 Å². The Morgan fingerprint density at radius 3 is 2.04 bits per heavy atom. The SMILES string of the molecule is COc1cc2c(cc1OCCCCCOc1cc3c(cc1OC)C(=O)N1CC4(CC4)C[C@H]1[C@@H](O)N3C(=O)OCc1ccc(CC(=O)[C@H](C)NC(=O)[C@@H](CC(=O)CNC(=O)CCC(=O)CCC(=O)N3Cc4ccccc4C4=C(NNN4C)c4ccccc43)C(C)C)cc1)N=C[C@@H]1CC3(CC3)CN1C2=O. The Kier molecular flexibility index (Phi) is 20.8. The minimum absolute atomic E-state index is 0.0130. The average Bonchev–Trinajstić information content (AvgIpc) is 1.59. The number of hydrogen-bond donors (Lipinski definition) is 5. The van der Waals surface area contributed by atoms with Gasteiger partial charge in [-0.3, -0.25) is 48.4 Å². The third kappa shape index (κ3) is 15.3. The van der Waals surface area contributed by atoms with Gasteiger partial charge in [0.2, 0.25) is 17.7 Å². The van der Waals surface area contributed by atoms with Gasteiger partial charge in [-0.1, -0.05) is 80.6 Å². The van der Waals surface area contributed by atoms with Crippen molar-refractivity contribution in [3.8, 4) is 23.0 Å². The highest BCUT2D eigenvalue weighted by Gasteiger charge is 2.58. The number of fused-ring (bicyclic) bond motifs is 8. The van der Waals surface area contributed by atoms with Gasteiger partial charge in [0.1, 0.15) is 12.4 Å². The molecule has 6 aliphatic heterocycles. The fourth-order valence-corrected chi connectivity index (χ4v) is 15.1. The zero-order valence-corrected chi connectivity index (χ0v) is 59.2. The highest BCUT2D eigenvalue weighted by molar-refractivity contribution is 6.07. The Bertz CT molecular complexity index is 4240. The maximum atomic E-state index is 14.5. The summed E-state index contributed by atoms with van der Waals surface area (Å²) in [4.78, 5) is 134. The number of ketones is 3. The first-order valence-electron chi connectivity index (χ1n) is 35.8. The lowest BCUT2D eigenvalue weighted by Gasteiger charge is -2.31. The lowest BCUT2D eigenvalue weighted by molar-refractivity contribution is -0.133. The minimum Gasteiger partial charge on any atom is -0.493 e. The molecule has 13 rings (SSSR count). The molecule has 0 unspecified atom stereocenters. The molecule has 2 saturated carbocycles. The highest BCUT2D eigenvalue weighted by Crippen LogP contribution is 2.58. The van der Waals surface area contributed by atoms with Gasteiger partial charge in [0, 0.05) is 94.1 Å². The zero-order chi connectivity index (χ0) is 72.4. The van der Waals surface area contributed by atoms with Gasteiger partial charge in [0.05, 0.1) is 98.2 Å². The van der Waals surface area contributed by atoms with Crippen LogP contribution in [0.3, 0.4) is 0 Å². The van der Waals surface area contributed by atoms with Gasteiger partial charge in [-0.15, -0.1) is 5.53 Å². The largest absolute Gasteiger partial charge is 0.493 e. The number of carbonyl (C=O) groups excluding carboxylic acids is 9. The number of anilines is 2. The first kappa shape index (κ1) is 71.3. The smallest absolute Gasteiger partial charge is 0.416 e. The second kappa shape index (κ2) is 30.0. The fraction of sp³-hybridized carbons (Fsp3) is 0.462. The number of aliphatic imine (C=N–C) groups is 1. The summed E-state index contributed by atoms with van der Waals surface area (Å²) in [6.07, 6.45) is 6.37. The molecule has 5 N–H and O–H groups in total. The standard InChI is InChI=1S/C78H90N10O15/c1-46(2)56(33-53(90)41-80-68(92)24-22-52(89)23-25-69(93)85-42-50-14-8-9-15-54(50)71-70(82-83-84(71)4)55-16-10-11-17-60(55)85)72(94)81-47(3)63(91)32-48-18-20-49(21-19-48)43-103-76(98)88-61-37-67(65(100-6)35-58(61)74(96)87-45-78(28-29-78)39-62(87)75(88)97)102-31-13-7-12-30-101-66-36-59-57(34-64(66)99-5)73(95)86-44-77(26-27-77)38-51(86)40-79-59/h8-11,14-21,34-37,40,46-47,51,56,62,75,82-83,97H,7,12-13,22-33,38-39,41-45H2,1-6H3,(H,80,92)(H,81,94)/t47-,51-,56-,62-,75+/m0/s1. The molecule has 5 aromatic carbocycles. The van der Waals surface area contributed by atoms with E-state index in [1.807, 2.05) is 71.7 Å². The number of nitrogens with zero attached hydrogens (tertiary/aromatic N) is 6. The van der Waals surface area contributed by atoms with Crippen LogP contribution in [-0.2, 0) is 53.1 Å². The molecule has 5 atom stereocenters. The summed E-state index contributed by atoms with van der Waals surface area (Å²) in [5.74, 6) is -2.24. The van der Waals surface area contributed by atoms with Crippen molar-refractivity contribution in [3.05, 3.63) is 136 Å². The predicted octanol–water partition coefficient (Wildman–Crippen LogP) is 8.93. The molecule has 5 aromatic rings. The van der Waals surface area contributed by atoms with E-state index in [-0.39, 0.29) is 140 Å². The minimum atomic E-state index is -1.45. The quantitative estimate of drug-likeness (QED) is 0.0292. The van der Waals surface area contributed by atoms with Crippen molar-refractivity contribution in [2.75, 3.05) is 63.9 Å². The molecular formula is C78H90N10O15. The van der Waals surface area contributed by atoms with Gasteiger partial charge in [0.15, 0.2) is 40.8 Å². The zero-order valence-electron chi connectivity index (χ0n) is 59.2. The predicted molar refractivity (Wildman–Crippen MR) is 382 cm³/mol.